The lowest BCUT2D eigenvalue weighted by atomic mass is 10.2. The van der Waals surface area contributed by atoms with Crippen molar-refractivity contribution in [2.45, 2.75) is 6.54 Å². The zero-order valence-corrected chi connectivity index (χ0v) is 12.8. The number of hydrogen-bond donors (Lipinski definition) is 3. The van der Waals surface area contributed by atoms with Gasteiger partial charge in [-0.05, 0) is 33.6 Å². The molecule has 0 aliphatic carbocycles. The molecule has 110 valence electrons. The highest BCUT2D eigenvalue weighted by atomic mass is 79.9. The van der Waals surface area contributed by atoms with Crippen LogP contribution in [0.1, 0.15) is 5.56 Å². The van der Waals surface area contributed by atoms with Crippen molar-refractivity contribution in [3.63, 3.8) is 0 Å². The van der Waals surface area contributed by atoms with Gasteiger partial charge in [0.15, 0.2) is 0 Å². The van der Waals surface area contributed by atoms with Gasteiger partial charge < -0.3 is 16.4 Å². The average Bonchev–Trinajstić information content (AvgIpc) is 2.45. The summed E-state index contributed by atoms with van der Waals surface area (Å²) in [4.78, 5) is 22.4. The number of carbonyl (C=O) groups is 1. The second-order valence-corrected chi connectivity index (χ2v) is 5.13. The van der Waals surface area contributed by atoms with E-state index in [1.165, 1.54) is 4.68 Å². The molecule has 1 heterocycles. The Morgan fingerprint density at radius 3 is 2.67 bits per heavy atom. The topological polar surface area (TPSA) is 102 Å². The highest BCUT2D eigenvalue weighted by molar-refractivity contribution is 9.10. The summed E-state index contributed by atoms with van der Waals surface area (Å²) in [6, 6.07) is 6.59. The van der Waals surface area contributed by atoms with Crippen molar-refractivity contribution in [2.75, 3.05) is 10.6 Å². The van der Waals surface area contributed by atoms with E-state index in [4.69, 9.17) is 5.73 Å². The summed E-state index contributed by atoms with van der Waals surface area (Å²) in [6.07, 6.45) is 1.58. The van der Waals surface area contributed by atoms with Crippen LogP contribution in [0.2, 0.25) is 0 Å². The van der Waals surface area contributed by atoms with Gasteiger partial charge in [0.05, 0.1) is 11.9 Å². The Kier molecular flexibility index (Phi) is 4.59. The third-order valence-electron chi connectivity index (χ3n) is 2.78. The summed E-state index contributed by atoms with van der Waals surface area (Å²) in [5.41, 5.74) is 7.06. The van der Waals surface area contributed by atoms with Crippen molar-refractivity contribution in [1.82, 2.24) is 9.78 Å². The quantitative estimate of drug-likeness (QED) is 0.779. The number of benzene rings is 1. The number of aromatic nitrogens is 2. The predicted octanol–water partition coefficient (Wildman–Crippen LogP) is 1.65. The van der Waals surface area contributed by atoms with E-state index in [-0.39, 0.29) is 5.56 Å². The average molecular weight is 352 g/mol. The third kappa shape index (κ3) is 3.82. The molecule has 4 N–H and O–H groups in total. The van der Waals surface area contributed by atoms with E-state index in [0.29, 0.717) is 22.4 Å². The lowest BCUT2D eigenvalue weighted by Gasteiger charge is -2.09. The molecule has 0 atom stereocenters. The molecule has 0 unspecified atom stereocenters. The summed E-state index contributed by atoms with van der Waals surface area (Å²) in [7, 11) is 1.58. The SMILES string of the molecule is Cn1ncc(NCc2ccc(NC(N)=O)cc2)c(Br)c1=O. The van der Waals surface area contributed by atoms with Crippen molar-refractivity contribution < 1.29 is 4.79 Å². The molecular formula is C13H14BrN5O2. The molecule has 2 aromatic rings. The van der Waals surface area contributed by atoms with Crippen molar-refractivity contribution >= 4 is 33.3 Å². The Labute approximate surface area is 129 Å². The van der Waals surface area contributed by atoms with Gasteiger partial charge >= 0.3 is 6.03 Å². The van der Waals surface area contributed by atoms with Crippen LogP contribution in [0.15, 0.2) is 39.7 Å². The molecule has 0 saturated carbocycles. The first-order chi connectivity index (χ1) is 9.97. The number of carbonyl (C=O) groups excluding carboxylic acids is 1. The number of urea groups is 1. The number of nitrogens with two attached hydrogens (primary N) is 1. The van der Waals surface area contributed by atoms with Gasteiger partial charge in [-0.15, -0.1) is 0 Å². The summed E-state index contributed by atoms with van der Waals surface area (Å²) >= 11 is 3.25. The van der Waals surface area contributed by atoms with Crippen LogP contribution in [0.3, 0.4) is 0 Å². The van der Waals surface area contributed by atoms with Gasteiger partial charge in [-0.1, -0.05) is 12.1 Å². The standard InChI is InChI=1S/C13H14BrN5O2/c1-19-12(20)11(14)10(7-17-19)16-6-8-2-4-9(5-3-8)18-13(15)21/h2-5,7,16H,6H2,1H3,(H3,15,18,21). The first-order valence-corrected chi connectivity index (χ1v) is 6.88. The number of nitrogens with one attached hydrogen (secondary N) is 2. The number of primary amides is 1. The van der Waals surface area contributed by atoms with Gasteiger partial charge in [-0.25, -0.2) is 9.48 Å². The van der Waals surface area contributed by atoms with Gasteiger partial charge in [0.2, 0.25) is 0 Å². The van der Waals surface area contributed by atoms with Crippen molar-refractivity contribution in [1.29, 1.82) is 0 Å². The zero-order chi connectivity index (χ0) is 15.4. The minimum atomic E-state index is -0.601. The minimum absolute atomic E-state index is 0.207. The number of halogens is 1. The van der Waals surface area contributed by atoms with E-state index in [1.807, 2.05) is 12.1 Å². The molecule has 0 aliphatic rings. The Morgan fingerprint density at radius 2 is 2.05 bits per heavy atom. The van der Waals surface area contributed by atoms with Crippen LogP contribution in [-0.2, 0) is 13.6 Å². The monoisotopic (exact) mass is 351 g/mol. The predicted molar refractivity (Wildman–Crippen MR) is 84.2 cm³/mol. The van der Waals surface area contributed by atoms with Gasteiger partial charge in [-0.3, -0.25) is 4.79 Å². The van der Waals surface area contributed by atoms with Crippen LogP contribution >= 0.6 is 15.9 Å². The Hall–Kier alpha value is -2.35. The van der Waals surface area contributed by atoms with Crippen LogP contribution in [0.5, 0.6) is 0 Å². The van der Waals surface area contributed by atoms with E-state index in [0.717, 1.165) is 5.56 Å². The van der Waals surface area contributed by atoms with Crippen molar-refractivity contribution in [3.8, 4) is 0 Å². The molecule has 21 heavy (non-hydrogen) atoms. The molecule has 8 heteroatoms. The Morgan fingerprint density at radius 1 is 1.38 bits per heavy atom. The highest BCUT2D eigenvalue weighted by Gasteiger charge is 2.06. The van der Waals surface area contributed by atoms with Crippen LogP contribution in [0.4, 0.5) is 16.2 Å². The summed E-state index contributed by atoms with van der Waals surface area (Å²) in [6.45, 7) is 0.518. The second kappa shape index (κ2) is 6.40. The number of rotatable bonds is 4. The molecule has 0 spiro atoms. The largest absolute Gasteiger partial charge is 0.379 e. The number of aryl methyl sites for hydroxylation is 1. The number of amides is 2. The molecule has 1 aromatic carbocycles. The van der Waals surface area contributed by atoms with Crippen LogP contribution in [0.25, 0.3) is 0 Å². The van der Waals surface area contributed by atoms with Gasteiger partial charge in [-0.2, -0.15) is 5.10 Å². The fourth-order valence-electron chi connectivity index (χ4n) is 1.68. The van der Waals surface area contributed by atoms with Gasteiger partial charge in [0.25, 0.3) is 5.56 Å². The highest BCUT2D eigenvalue weighted by Crippen LogP contribution is 2.17. The van der Waals surface area contributed by atoms with E-state index in [1.54, 1.807) is 25.4 Å². The Balaban J connectivity index is 2.05. The number of hydrogen-bond acceptors (Lipinski definition) is 4. The first kappa shape index (κ1) is 15.0. The zero-order valence-electron chi connectivity index (χ0n) is 11.3. The maximum atomic E-state index is 11.7. The fourth-order valence-corrected chi connectivity index (χ4v) is 2.18. The molecular weight excluding hydrogens is 338 g/mol. The van der Waals surface area contributed by atoms with E-state index in [2.05, 4.69) is 31.7 Å². The smallest absolute Gasteiger partial charge is 0.316 e. The lowest BCUT2D eigenvalue weighted by molar-refractivity contribution is 0.259. The maximum Gasteiger partial charge on any atom is 0.316 e. The van der Waals surface area contributed by atoms with Crippen LogP contribution in [0, 0.1) is 0 Å². The Bertz CT molecular complexity index is 711. The summed E-state index contributed by atoms with van der Waals surface area (Å²) in [5, 5.41) is 9.56. The van der Waals surface area contributed by atoms with Crippen LogP contribution < -0.4 is 21.9 Å². The lowest BCUT2D eigenvalue weighted by Crippen LogP contribution is -2.21. The molecule has 0 aliphatic heterocycles. The molecule has 0 radical (unpaired) electrons. The molecule has 0 bridgehead atoms. The molecule has 0 saturated heterocycles. The molecule has 0 fully saturated rings. The third-order valence-corrected chi connectivity index (χ3v) is 3.55. The fraction of sp³-hybridized carbons (Fsp3) is 0.154. The number of anilines is 2. The van der Waals surface area contributed by atoms with E-state index >= 15 is 0 Å². The first-order valence-electron chi connectivity index (χ1n) is 6.08. The summed E-state index contributed by atoms with van der Waals surface area (Å²) < 4.78 is 1.69. The second-order valence-electron chi connectivity index (χ2n) is 4.34. The van der Waals surface area contributed by atoms with Crippen LogP contribution in [-0.4, -0.2) is 15.8 Å². The van der Waals surface area contributed by atoms with Gasteiger partial charge in [0, 0.05) is 19.3 Å². The normalized spacial score (nSPS) is 10.2. The van der Waals surface area contributed by atoms with Gasteiger partial charge in [0.1, 0.15) is 4.47 Å². The number of nitrogens with zero attached hydrogens (tertiary/aromatic N) is 2. The van der Waals surface area contributed by atoms with Crippen molar-refractivity contribution in [2.24, 2.45) is 12.8 Å². The molecule has 2 rings (SSSR count). The summed E-state index contributed by atoms with van der Waals surface area (Å²) in [5.74, 6) is 0. The van der Waals surface area contributed by atoms with E-state index in [9.17, 15) is 9.59 Å². The van der Waals surface area contributed by atoms with E-state index < -0.39 is 6.03 Å². The molecule has 2 amide bonds. The molecule has 7 nitrogen and oxygen atoms in total. The minimum Gasteiger partial charge on any atom is -0.379 e. The maximum absolute atomic E-state index is 11.7. The van der Waals surface area contributed by atoms with Crippen molar-refractivity contribution in [3.05, 3.63) is 50.9 Å². The molecule has 1 aromatic heterocycles.